The molecule has 0 spiro atoms. The molecule has 188 valence electrons. The van der Waals surface area contributed by atoms with Crippen LogP contribution in [0.25, 0.3) is 0 Å². The van der Waals surface area contributed by atoms with Crippen LogP contribution in [0, 0.1) is 17.0 Å². The fourth-order valence-corrected chi connectivity index (χ4v) is 4.84. The fourth-order valence-electron chi connectivity index (χ4n) is 3.49. The molecule has 0 heterocycles. The van der Waals surface area contributed by atoms with Crippen LogP contribution < -0.4 is 4.74 Å². The topological polar surface area (TPSA) is 113 Å². The van der Waals surface area contributed by atoms with Gasteiger partial charge in [0.1, 0.15) is 18.1 Å². The number of aryl methyl sites for hydroxylation is 1. The summed E-state index contributed by atoms with van der Waals surface area (Å²) < 4.78 is 36.4. The van der Waals surface area contributed by atoms with E-state index >= 15 is 0 Å². The van der Waals surface area contributed by atoms with Gasteiger partial charge in [-0.25, -0.2) is 13.2 Å². The molecule has 0 N–H and O–H groups in total. The molecule has 4 rings (SSSR count). The summed E-state index contributed by atoms with van der Waals surface area (Å²) in [5, 5.41) is 10.8. The van der Waals surface area contributed by atoms with Gasteiger partial charge in [-0.1, -0.05) is 42.0 Å². The number of nitro benzene ring substituents is 1. The summed E-state index contributed by atoms with van der Waals surface area (Å²) in [7, 11) is -3.50. The van der Waals surface area contributed by atoms with Crippen molar-refractivity contribution in [3.8, 4) is 11.5 Å². The normalized spacial score (nSPS) is 11.1. The number of hydrogen-bond donors (Lipinski definition) is 0. The molecular formula is C28H23NO7S. The molecule has 0 aliphatic heterocycles. The Morgan fingerprint density at radius 1 is 0.838 bits per heavy atom. The number of carbonyl (C=O) groups is 1. The molecule has 0 unspecified atom stereocenters. The first-order valence-electron chi connectivity index (χ1n) is 11.3. The Morgan fingerprint density at radius 3 is 2.16 bits per heavy atom. The van der Waals surface area contributed by atoms with Crippen LogP contribution in [0.2, 0.25) is 0 Å². The third-order valence-corrected chi connectivity index (χ3v) is 7.18. The van der Waals surface area contributed by atoms with E-state index in [2.05, 4.69) is 0 Å². The molecule has 37 heavy (non-hydrogen) atoms. The van der Waals surface area contributed by atoms with E-state index in [1.54, 1.807) is 60.7 Å². The fraction of sp³-hybridized carbons (Fsp3) is 0.107. The Balaban J connectivity index is 1.34. The molecule has 0 amide bonds. The number of nitrogens with zero attached hydrogens (tertiary/aromatic N) is 1. The lowest BCUT2D eigenvalue weighted by molar-refractivity contribution is -0.384. The monoisotopic (exact) mass is 517 g/mol. The predicted octanol–water partition coefficient (Wildman–Crippen LogP) is 6.03. The van der Waals surface area contributed by atoms with Gasteiger partial charge in [0.25, 0.3) is 5.69 Å². The zero-order valence-corrected chi connectivity index (χ0v) is 20.7. The molecule has 4 aromatic rings. The van der Waals surface area contributed by atoms with Crippen molar-refractivity contribution >= 4 is 21.5 Å². The quantitative estimate of drug-likeness (QED) is 0.151. The first-order chi connectivity index (χ1) is 17.7. The lowest BCUT2D eigenvalue weighted by Crippen LogP contribution is -2.07. The van der Waals surface area contributed by atoms with Crippen LogP contribution in [0.5, 0.6) is 11.5 Å². The molecule has 8 nitrogen and oxygen atoms in total. The van der Waals surface area contributed by atoms with Crippen molar-refractivity contribution in [3.63, 3.8) is 0 Å². The maximum atomic E-state index is 12.6. The van der Waals surface area contributed by atoms with Crippen molar-refractivity contribution in [3.05, 3.63) is 129 Å². The summed E-state index contributed by atoms with van der Waals surface area (Å²) in [6.45, 7) is 1.89. The van der Waals surface area contributed by atoms with Gasteiger partial charge in [-0.05, 0) is 66.6 Å². The molecule has 0 fully saturated rings. The highest BCUT2D eigenvalue weighted by Crippen LogP contribution is 2.25. The maximum Gasteiger partial charge on any atom is 0.338 e. The molecule has 0 saturated carbocycles. The van der Waals surface area contributed by atoms with Crippen molar-refractivity contribution in [2.75, 3.05) is 0 Å². The van der Waals surface area contributed by atoms with Gasteiger partial charge in [0, 0.05) is 12.1 Å². The third kappa shape index (κ3) is 6.80. The second-order valence-corrected chi connectivity index (χ2v) is 10.3. The molecule has 9 heteroatoms. The van der Waals surface area contributed by atoms with Gasteiger partial charge in [-0.15, -0.1) is 0 Å². The molecule has 0 aliphatic carbocycles. The summed E-state index contributed by atoms with van der Waals surface area (Å²) >= 11 is 0. The van der Waals surface area contributed by atoms with Crippen molar-refractivity contribution in [1.29, 1.82) is 0 Å². The van der Waals surface area contributed by atoms with Crippen LogP contribution >= 0.6 is 0 Å². The van der Waals surface area contributed by atoms with E-state index < -0.39 is 20.7 Å². The Morgan fingerprint density at radius 2 is 1.51 bits per heavy atom. The maximum absolute atomic E-state index is 12.6. The number of non-ortho nitro benzene ring substituents is 1. The summed E-state index contributed by atoms with van der Waals surface area (Å²) in [5.41, 5.74) is 2.50. The Bertz CT molecular complexity index is 1510. The molecule has 0 aliphatic rings. The number of ether oxygens (including phenoxy) is 2. The summed E-state index contributed by atoms with van der Waals surface area (Å²) in [6.07, 6.45) is 0. The van der Waals surface area contributed by atoms with E-state index in [0.717, 1.165) is 5.56 Å². The van der Waals surface area contributed by atoms with Gasteiger partial charge in [-0.3, -0.25) is 10.1 Å². The number of esters is 1. The molecular weight excluding hydrogens is 494 g/mol. The predicted molar refractivity (Wildman–Crippen MR) is 137 cm³/mol. The van der Waals surface area contributed by atoms with Gasteiger partial charge in [0.05, 0.1) is 21.1 Å². The average Bonchev–Trinajstić information content (AvgIpc) is 2.88. The Kier molecular flexibility index (Phi) is 7.64. The van der Waals surface area contributed by atoms with Crippen LogP contribution in [0.3, 0.4) is 0 Å². The van der Waals surface area contributed by atoms with E-state index in [1.165, 1.54) is 36.4 Å². The number of nitro groups is 1. The smallest absolute Gasteiger partial charge is 0.338 e. The summed E-state index contributed by atoms with van der Waals surface area (Å²) in [6, 6.07) is 25.6. The first kappa shape index (κ1) is 25.6. The van der Waals surface area contributed by atoms with Crippen LogP contribution in [0.1, 0.15) is 27.0 Å². The lowest BCUT2D eigenvalue weighted by atomic mass is 10.1. The number of hydrogen-bond acceptors (Lipinski definition) is 7. The number of sulfone groups is 1. The van der Waals surface area contributed by atoms with Crippen LogP contribution in [-0.4, -0.2) is 19.3 Å². The van der Waals surface area contributed by atoms with Crippen molar-refractivity contribution in [2.45, 2.75) is 24.2 Å². The highest BCUT2D eigenvalue weighted by atomic mass is 32.2. The van der Waals surface area contributed by atoms with Gasteiger partial charge >= 0.3 is 5.97 Å². The largest absolute Gasteiger partial charge is 0.457 e. The average molecular weight is 518 g/mol. The Labute approximate surface area is 214 Å². The van der Waals surface area contributed by atoms with Crippen LogP contribution in [0.4, 0.5) is 5.69 Å². The van der Waals surface area contributed by atoms with Gasteiger partial charge in [0.15, 0.2) is 9.84 Å². The summed E-state index contributed by atoms with van der Waals surface area (Å²) in [5.74, 6) is 0.202. The minimum atomic E-state index is -3.50. The number of carbonyl (C=O) groups excluding carboxylic acids is 1. The highest BCUT2D eigenvalue weighted by molar-refractivity contribution is 7.90. The van der Waals surface area contributed by atoms with Gasteiger partial charge in [-0.2, -0.15) is 0 Å². The molecule has 0 atom stereocenters. The molecule has 0 bridgehead atoms. The number of benzene rings is 4. The standard InChI is InChI=1S/C28H23NO7S/c1-20-5-15-27(16-6-20)37(33,34)19-21-7-9-23(10-8-21)28(30)35-18-22-3-2-4-26(17-22)36-25-13-11-24(12-14-25)29(31)32/h2-17H,18-19H2,1H3. The van der Waals surface area contributed by atoms with Crippen LogP contribution in [-0.2, 0) is 26.9 Å². The van der Waals surface area contributed by atoms with Crippen molar-refractivity contribution in [1.82, 2.24) is 0 Å². The van der Waals surface area contributed by atoms with E-state index in [-0.39, 0.29) is 22.9 Å². The van der Waals surface area contributed by atoms with E-state index in [9.17, 15) is 23.3 Å². The van der Waals surface area contributed by atoms with Gasteiger partial charge in [0.2, 0.25) is 0 Å². The second kappa shape index (κ2) is 11.0. The number of rotatable bonds is 9. The van der Waals surface area contributed by atoms with Crippen LogP contribution in [0.15, 0.2) is 102 Å². The zero-order chi connectivity index (χ0) is 26.4. The van der Waals surface area contributed by atoms with E-state index in [0.29, 0.717) is 28.2 Å². The molecule has 0 saturated heterocycles. The SMILES string of the molecule is Cc1ccc(S(=O)(=O)Cc2ccc(C(=O)OCc3cccc(Oc4ccc([N+](=O)[O-])cc4)c3)cc2)cc1. The molecule has 4 aromatic carbocycles. The van der Waals surface area contributed by atoms with E-state index in [4.69, 9.17) is 9.47 Å². The Hall–Kier alpha value is -4.50. The second-order valence-electron chi connectivity index (χ2n) is 8.35. The minimum Gasteiger partial charge on any atom is -0.457 e. The summed E-state index contributed by atoms with van der Waals surface area (Å²) in [4.78, 5) is 23.0. The molecule has 0 radical (unpaired) electrons. The molecule has 0 aromatic heterocycles. The van der Waals surface area contributed by atoms with E-state index in [1.807, 2.05) is 6.92 Å². The zero-order valence-electron chi connectivity index (χ0n) is 19.9. The van der Waals surface area contributed by atoms with Crippen molar-refractivity contribution in [2.24, 2.45) is 0 Å². The lowest BCUT2D eigenvalue weighted by Gasteiger charge is -2.09. The van der Waals surface area contributed by atoms with Crippen molar-refractivity contribution < 1.29 is 27.6 Å². The minimum absolute atomic E-state index is 0.000149. The first-order valence-corrected chi connectivity index (χ1v) is 12.9. The van der Waals surface area contributed by atoms with Gasteiger partial charge < -0.3 is 9.47 Å². The third-order valence-electron chi connectivity index (χ3n) is 5.48. The highest BCUT2D eigenvalue weighted by Gasteiger charge is 2.16.